The number of halogens is 1. The van der Waals surface area contributed by atoms with E-state index in [0.717, 1.165) is 18.4 Å². The van der Waals surface area contributed by atoms with Gasteiger partial charge in [-0.1, -0.05) is 11.6 Å². The molecule has 2 rings (SSSR count). The van der Waals surface area contributed by atoms with Gasteiger partial charge in [-0.3, -0.25) is 0 Å². The van der Waals surface area contributed by atoms with Gasteiger partial charge in [-0.15, -0.1) is 0 Å². The molecule has 0 aromatic heterocycles. The Balaban J connectivity index is 2.56. The highest BCUT2D eigenvalue weighted by molar-refractivity contribution is 7.90. The van der Waals surface area contributed by atoms with Gasteiger partial charge in [0, 0.05) is 16.8 Å². The van der Waals surface area contributed by atoms with Crippen molar-refractivity contribution < 1.29 is 8.42 Å². The predicted octanol–water partition coefficient (Wildman–Crippen LogP) is 1.69. The Hall–Kier alpha value is -0.580. The van der Waals surface area contributed by atoms with Gasteiger partial charge in [-0.2, -0.15) is 0 Å². The molecule has 0 saturated heterocycles. The van der Waals surface area contributed by atoms with Crippen molar-refractivity contribution in [2.24, 2.45) is 5.73 Å². The van der Waals surface area contributed by atoms with Crippen LogP contribution in [-0.4, -0.2) is 14.7 Å². The lowest BCUT2D eigenvalue weighted by molar-refractivity contribution is 0.601. The number of hydrogen-bond acceptors (Lipinski definition) is 3. The van der Waals surface area contributed by atoms with Gasteiger partial charge in [0.05, 0.1) is 4.90 Å². The van der Waals surface area contributed by atoms with Crippen LogP contribution in [0, 0.1) is 0 Å². The predicted molar refractivity (Wildman–Crippen MR) is 59.7 cm³/mol. The van der Waals surface area contributed by atoms with E-state index in [1.165, 1.54) is 12.3 Å². The van der Waals surface area contributed by atoms with E-state index in [2.05, 4.69) is 0 Å². The first-order valence-electron chi connectivity index (χ1n) is 4.62. The van der Waals surface area contributed by atoms with E-state index >= 15 is 0 Å². The Kier molecular flexibility index (Phi) is 2.33. The number of rotatable bonds is 2. The molecule has 82 valence electrons. The minimum absolute atomic E-state index is 0.277. The van der Waals surface area contributed by atoms with Gasteiger partial charge in [0.25, 0.3) is 0 Å². The summed E-state index contributed by atoms with van der Waals surface area (Å²) in [7, 11) is -3.19. The monoisotopic (exact) mass is 245 g/mol. The average molecular weight is 246 g/mol. The highest BCUT2D eigenvalue weighted by Crippen LogP contribution is 2.45. The number of benzene rings is 1. The Bertz CT molecular complexity index is 506. The molecular formula is C10H12ClNO2S. The summed E-state index contributed by atoms with van der Waals surface area (Å²) in [5.41, 5.74) is 6.34. The number of sulfone groups is 1. The summed E-state index contributed by atoms with van der Waals surface area (Å²) in [5, 5.41) is 0.544. The fourth-order valence-electron chi connectivity index (χ4n) is 1.52. The highest BCUT2D eigenvalue weighted by Gasteiger charge is 2.41. The number of hydrogen-bond donors (Lipinski definition) is 1. The molecule has 1 aromatic rings. The Morgan fingerprint density at radius 1 is 1.40 bits per heavy atom. The van der Waals surface area contributed by atoms with Crippen LogP contribution in [0.2, 0.25) is 5.02 Å². The molecule has 1 aromatic carbocycles. The van der Waals surface area contributed by atoms with Gasteiger partial charge in [0.15, 0.2) is 9.84 Å². The summed E-state index contributed by atoms with van der Waals surface area (Å²) in [4.78, 5) is 0.277. The average Bonchev–Trinajstić information content (AvgIpc) is 2.83. The second kappa shape index (κ2) is 3.20. The summed E-state index contributed by atoms with van der Waals surface area (Å²) in [6.45, 7) is 0. The first-order valence-corrected chi connectivity index (χ1v) is 6.89. The largest absolute Gasteiger partial charge is 0.321 e. The Morgan fingerprint density at radius 3 is 2.47 bits per heavy atom. The molecule has 5 heteroatoms. The molecular weight excluding hydrogens is 234 g/mol. The van der Waals surface area contributed by atoms with Crippen LogP contribution >= 0.6 is 11.6 Å². The third kappa shape index (κ3) is 2.02. The standard InChI is InChI=1S/C10H12ClNO2S/c1-15(13,14)7-2-3-9(11)8(6-7)10(12)4-5-10/h2-3,6H,4-5,12H2,1H3. The molecule has 0 radical (unpaired) electrons. The molecule has 3 nitrogen and oxygen atoms in total. The van der Waals surface area contributed by atoms with Gasteiger partial charge >= 0.3 is 0 Å². The molecule has 0 amide bonds. The molecule has 1 saturated carbocycles. The van der Waals surface area contributed by atoms with Crippen molar-refractivity contribution in [3.05, 3.63) is 28.8 Å². The van der Waals surface area contributed by atoms with E-state index < -0.39 is 15.4 Å². The third-order valence-corrected chi connectivity index (χ3v) is 4.13. The molecule has 0 spiro atoms. The van der Waals surface area contributed by atoms with Crippen LogP contribution in [0.25, 0.3) is 0 Å². The third-order valence-electron chi connectivity index (χ3n) is 2.69. The van der Waals surface area contributed by atoms with E-state index in [4.69, 9.17) is 17.3 Å². The molecule has 0 bridgehead atoms. The van der Waals surface area contributed by atoms with Crippen molar-refractivity contribution >= 4 is 21.4 Å². The van der Waals surface area contributed by atoms with Gasteiger partial charge < -0.3 is 5.73 Å². The summed E-state index contributed by atoms with van der Waals surface area (Å²) < 4.78 is 22.7. The molecule has 0 aliphatic heterocycles. The zero-order valence-electron chi connectivity index (χ0n) is 8.33. The smallest absolute Gasteiger partial charge is 0.175 e. The quantitative estimate of drug-likeness (QED) is 0.863. The SMILES string of the molecule is CS(=O)(=O)c1ccc(Cl)c(C2(N)CC2)c1. The van der Waals surface area contributed by atoms with Gasteiger partial charge in [-0.05, 0) is 36.6 Å². The maximum Gasteiger partial charge on any atom is 0.175 e. The fraction of sp³-hybridized carbons (Fsp3) is 0.400. The summed E-state index contributed by atoms with van der Waals surface area (Å²) >= 11 is 6.00. The Labute approximate surface area is 94.2 Å². The molecule has 15 heavy (non-hydrogen) atoms. The van der Waals surface area contributed by atoms with Crippen molar-refractivity contribution in [2.75, 3.05) is 6.26 Å². The van der Waals surface area contributed by atoms with Crippen LogP contribution in [0.15, 0.2) is 23.1 Å². The minimum Gasteiger partial charge on any atom is -0.321 e. The van der Waals surface area contributed by atoms with Crippen LogP contribution < -0.4 is 5.73 Å². The topological polar surface area (TPSA) is 60.2 Å². The van der Waals surface area contributed by atoms with E-state index in [1.807, 2.05) is 0 Å². The van der Waals surface area contributed by atoms with Crippen LogP contribution in [0.1, 0.15) is 18.4 Å². The summed E-state index contributed by atoms with van der Waals surface area (Å²) in [6.07, 6.45) is 2.90. The molecule has 1 fully saturated rings. The first-order chi connectivity index (χ1) is 6.83. The normalized spacial score (nSPS) is 18.9. The minimum atomic E-state index is -3.19. The second-order valence-corrected chi connectivity index (χ2v) is 6.49. The summed E-state index contributed by atoms with van der Waals surface area (Å²) in [5.74, 6) is 0. The molecule has 0 heterocycles. The van der Waals surface area contributed by atoms with Crippen molar-refractivity contribution in [1.29, 1.82) is 0 Å². The lowest BCUT2D eigenvalue weighted by Crippen LogP contribution is -2.19. The molecule has 2 N–H and O–H groups in total. The second-order valence-electron chi connectivity index (χ2n) is 4.07. The van der Waals surface area contributed by atoms with Crippen molar-refractivity contribution in [2.45, 2.75) is 23.3 Å². The van der Waals surface area contributed by atoms with E-state index in [9.17, 15) is 8.42 Å². The lowest BCUT2D eigenvalue weighted by Gasteiger charge is -2.12. The number of nitrogens with two attached hydrogens (primary N) is 1. The summed E-state index contributed by atoms with van der Waals surface area (Å²) in [6, 6.07) is 4.69. The Morgan fingerprint density at radius 2 is 2.00 bits per heavy atom. The fourth-order valence-corrected chi connectivity index (χ4v) is 2.47. The lowest BCUT2D eigenvalue weighted by atomic mass is 10.1. The molecule has 0 unspecified atom stereocenters. The van der Waals surface area contributed by atoms with E-state index in [-0.39, 0.29) is 4.90 Å². The zero-order valence-corrected chi connectivity index (χ0v) is 9.90. The van der Waals surface area contributed by atoms with E-state index in [0.29, 0.717) is 5.02 Å². The zero-order chi connectivity index (χ0) is 11.3. The molecule has 1 aliphatic rings. The first kappa shape index (κ1) is 10.9. The van der Waals surface area contributed by atoms with Gasteiger partial charge in [0.1, 0.15) is 0 Å². The molecule has 1 aliphatic carbocycles. The van der Waals surface area contributed by atoms with Gasteiger partial charge in [-0.25, -0.2) is 8.42 Å². The van der Waals surface area contributed by atoms with Crippen molar-refractivity contribution in [3.8, 4) is 0 Å². The highest BCUT2D eigenvalue weighted by atomic mass is 35.5. The van der Waals surface area contributed by atoms with Crippen LogP contribution in [-0.2, 0) is 15.4 Å². The maximum atomic E-state index is 11.4. The molecule has 0 atom stereocenters. The van der Waals surface area contributed by atoms with Crippen LogP contribution in [0.5, 0.6) is 0 Å². The van der Waals surface area contributed by atoms with Crippen molar-refractivity contribution in [1.82, 2.24) is 0 Å². The van der Waals surface area contributed by atoms with Crippen molar-refractivity contribution in [3.63, 3.8) is 0 Å². The van der Waals surface area contributed by atoms with E-state index in [1.54, 1.807) is 12.1 Å². The van der Waals surface area contributed by atoms with Gasteiger partial charge in [0.2, 0.25) is 0 Å². The maximum absolute atomic E-state index is 11.4. The van der Waals surface area contributed by atoms with Crippen LogP contribution in [0.4, 0.5) is 0 Å². The van der Waals surface area contributed by atoms with Crippen LogP contribution in [0.3, 0.4) is 0 Å².